The van der Waals surface area contributed by atoms with Crippen LogP contribution in [0.4, 0.5) is 0 Å². The van der Waals surface area contributed by atoms with E-state index in [1.54, 1.807) is 20.0 Å². The molecule has 1 aromatic rings. The molecule has 1 aliphatic heterocycles. The monoisotopic (exact) mass is 382 g/mol. The number of ether oxygens (including phenoxy) is 1. The Morgan fingerprint density at radius 2 is 1.85 bits per heavy atom. The highest BCUT2D eigenvalue weighted by molar-refractivity contribution is 7.89. The molecule has 1 aliphatic rings. The molecule has 7 heteroatoms. The van der Waals surface area contributed by atoms with Gasteiger partial charge in [0.05, 0.1) is 12.0 Å². The first-order chi connectivity index (χ1) is 11.9. The molecule has 0 bridgehead atoms. The van der Waals surface area contributed by atoms with Gasteiger partial charge < -0.3 is 9.64 Å². The molecule has 1 aromatic carbocycles. The van der Waals surface area contributed by atoms with Gasteiger partial charge in [-0.15, -0.1) is 0 Å². The van der Waals surface area contributed by atoms with Crippen LogP contribution in [-0.4, -0.2) is 56.3 Å². The van der Waals surface area contributed by atoms with Crippen molar-refractivity contribution in [3.63, 3.8) is 0 Å². The average molecular weight is 383 g/mol. The van der Waals surface area contributed by atoms with Crippen molar-refractivity contribution in [1.82, 2.24) is 9.21 Å². The van der Waals surface area contributed by atoms with E-state index in [1.165, 1.54) is 11.4 Å². The van der Waals surface area contributed by atoms with Crippen molar-refractivity contribution in [3.8, 4) is 5.75 Å². The molecule has 0 spiro atoms. The van der Waals surface area contributed by atoms with E-state index in [9.17, 15) is 13.2 Å². The third kappa shape index (κ3) is 4.04. The SMILES string of the molecule is COc1cc(S(=O)(=O)N(C)CC2CC(=O)N(C(C)(C)C)C2)c(C)cc1C. The van der Waals surface area contributed by atoms with E-state index in [4.69, 9.17) is 4.74 Å². The number of hydrogen-bond donors (Lipinski definition) is 0. The highest BCUT2D eigenvalue weighted by Gasteiger charge is 2.38. The number of hydrogen-bond acceptors (Lipinski definition) is 4. The predicted octanol–water partition coefficient (Wildman–Crippen LogP) is 2.58. The largest absolute Gasteiger partial charge is 0.496 e. The lowest BCUT2D eigenvalue weighted by Crippen LogP contribution is -2.43. The molecule has 146 valence electrons. The van der Waals surface area contributed by atoms with Crippen molar-refractivity contribution in [2.45, 2.75) is 51.5 Å². The maximum atomic E-state index is 13.1. The Bertz CT molecular complexity index is 796. The number of carbonyl (C=O) groups is 1. The zero-order chi connectivity index (χ0) is 19.9. The maximum Gasteiger partial charge on any atom is 0.243 e. The molecule has 1 unspecified atom stereocenters. The van der Waals surface area contributed by atoms with Gasteiger partial charge in [-0.05, 0) is 51.7 Å². The number of benzene rings is 1. The average Bonchev–Trinajstić information content (AvgIpc) is 2.87. The second-order valence-corrected chi connectivity index (χ2v) is 10.1. The smallest absolute Gasteiger partial charge is 0.243 e. The topological polar surface area (TPSA) is 66.9 Å². The van der Waals surface area contributed by atoms with Gasteiger partial charge >= 0.3 is 0 Å². The molecule has 1 saturated heterocycles. The first-order valence-corrected chi connectivity index (χ1v) is 10.2. The van der Waals surface area contributed by atoms with Gasteiger partial charge in [-0.25, -0.2) is 12.7 Å². The Labute approximate surface area is 157 Å². The zero-order valence-electron chi connectivity index (χ0n) is 16.8. The number of sulfonamides is 1. The molecule has 0 aliphatic carbocycles. The molecule has 0 saturated carbocycles. The van der Waals surface area contributed by atoms with Crippen molar-refractivity contribution < 1.29 is 17.9 Å². The molecule has 1 amide bonds. The summed E-state index contributed by atoms with van der Waals surface area (Å²) in [7, 11) is -0.548. The molecular formula is C19H30N2O4S. The van der Waals surface area contributed by atoms with Crippen LogP contribution in [0.1, 0.15) is 38.3 Å². The Morgan fingerprint density at radius 1 is 1.23 bits per heavy atom. The van der Waals surface area contributed by atoms with E-state index >= 15 is 0 Å². The second kappa shape index (κ2) is 7.19. The predicted molar refractivity (Wildman–Crippen MR) is 102 cm³/mol. The lowest BCUT2D eigenvalue weighted by Gasteiger charge is -2.32. The van der Waals surface area contributed by atoms with Crippen LogP contribution in [0.3, 0.4) is 0 Å². The molecular weight excluding hydrogens is 352 g/mol. The maximum absolute atomic E-state index is 13.1. The summed E-state index contributed by atoms with van der Waals surface area (Å²) >= 11 is 0. The van der Waals surface area contributed by atoms with Crippen LogP contribution < -0.4 is 4.74 Å². The summed E-state index contributed by atoms with van der Waals surface area (Å²) in [5.41, 5.74) is 1.34. The number of methoxy groups -OCH3 is 1. The van der Waals surface area contributed by atoms with Crippen molar-refractivity contribution in [3.05, 3.63) is 23.3 Å². The van der Waals surface area contributed by atoms with Gasteiger partial charge in [-0.1, -0.05) is 6.07 Å². The molecule has 0 radical (unpaired) electrons. The first-order valence-electron chi connectivity index (χ1n) is 8.80. The van der Waals surface area contributed by atoms with Crippen molar-refractivity contribution >= 4 is 15.9 Å². The van der Waals surface area contributed by atoms with Crippen LogP contribution >= 0.6 is 0 Å². The first kappa shape index (κ1) is 20.7. The summed E-state index contributed by atoms with van der Waals surface area (Å²) in [4.78, 5) is 14.3. The molecule has 26 heavy (non-hydrogen) atoms. The van der Waals surface area contributed by atoms with Crippen LogP contribution in [0.25, 0.3) is 0 Å². The van der Waals surface area contributed by atoms with E-state index in [1.807, 2.05) is 38.7 Å². The van der Waals surface area contributed by atoms with Crippen molar-refractivity contribution in [1.29, 1.82) is 0 Å². The van der Waals surface area contributed by atoms with Crippen LogP contribution in [0, 0.1) is 19.8 Å². The molecule has 1 fully saturated rings. The summed E-state index contributed by atoms with van der Waals surface area (Å²) in [6.45, 7) is 10.6. The minimum absolute atomic E-state index is 0.00542. The summed E-state index contributed by atoms with van der Waals surface area (Å²) in [5.74, 6) is 0.633. The Morgan fingerprint density at radius 3 is 2.35 bits per heavy atom. The minimum Gasteiger partial charge on any atom is -0.496 e. The molecule has 0 aromatic heterocycles. The number of rotatable bonds is 5. The fourth-order valence-electron chi connectivity index (χ4n) is 3.49. The Balaban J connectivity index is 2.22. The van der Waals surface area contributed by atoms with Gasteiger partial charge in [0.2, 0.25) is 15.9 Å². The van der Waals surface area contributed by atoms with Gasteiger partial charge in [-0.2, -0.15) is 0 Å². The third-order valence-corrected chi connectivity index (χ3v) is 6.88. The number of likely N-dealkylation sites (tertiary alicyclic amines) is 1. The number of amides is 1. The van der Waals surface area contributed by atoms with E-state index in [-0.39, 0.29) is 22.3 Å². The van der Waals surface area contributed by atoms with E-state index < -0.39 is 10.0 Å². The number of carbonyl (C=O) groups excluding carboxylic acids is 1. The standard InChI is InChI=1S/C19H30N2O4S/c1-13-8-14(2)17(10-16(13)25-7)26(23,24)20(6)11-15-9-18(22)21(12-15)19(3,4)5/h8,10,15H,9,11-12H2,1-7H3. The normalized spacial score (nSPS) is 18.7. The lowest BCUT2D eigenvalue weighted by molar-refractivity contribution is -0.131. The fraction of sp³-hybridized carbons (Fsp3) is 0.632. The van der Waals surface area contributed by atoms with Crippen LogP contribution in [0.2, 0.25) is 0 Å². The van der Waals surface area contributed by atoms with Crippen LogP contribution in [-0.2, 0) is 14.8 Å². The summed E-state index contributed by atoms with van der Waals surface area (Å²) < 4.78 is 32.7. The second-order valence-electron chi connectivity index (χ2n) is 8.12. The van der Waals surface area contributed by atoms with Crippen LogP contribution in [0.5, 0.6) is 5.75 Å². The van der Waals surface area contributed by atoms with E-state index in [0.29, 0.717) is 30.8 Å². The van der Waals surface area contributed by atoms with Gasteiger partial charge in [-0.3, -0.25) is 4.79 Å². The molecule has 0 N–H and O–H groups in total. The third-order valence-electron chi connectivity index (χ3n) is 4.91. The fourth-order valence-corrected chi connectivity index (χ4v) is 4.96. The van der Waals surface area contributed by atoms with Crippen molar-refractivity contribution in [2.75, 3.05) is 27.2 Å². The van der Waals surface area contributed by atoms with E-state index in [2.05, 4.69) is 0 Å². The Hall–Kier alpha value is -1.60. The van der Waals surface area contributed by atoms with Gasteiger partial charge in [0.1, 0.15) is 5.75 Å². The van der Waals surface area contributed by atoms with Gasteiger partial charge in [0.25, 0.3) is 0 Å². The van der Waals surface area contributed by atoms with Gasteiger partial charge in [0, 0.05) is 38.2 Å². The van der Waals surface area contributed by atoms with Crippen LogP contribution in [0.15, 0.2) is 17.0 Å². The summed E-state index contributed by atoms with van der Waals surface area (Å²) in [6.07, 6.45) is 0.382. The Kier molecular flexibility index (Phi) is 5.73. The van der Waals surface area contributed by atoms with E-state index in [0.717, 1.165) is 5.56 Å². The van der Waals surface area contributed by atoms with Gasteiger partial charge in [0.15, 0.2) is 0 Å². The molecule has 2 rings (SSSR count). The summed E-state index contributed by atoms with van der Waals surface area (Å²) in [5, 5.41) is 0. The number of aryl methyl sites for hydroxylation is 2. The lowest BCUT2D eigenvalue weighted by atomic mass is 10.1. The highest BCUT2D eigenvalue weighted by Crippen LogP contribution is 2.30. The minimum atomic E-state index is -3.65. The quantitative estimate of drug-likeness (QED) is 0.785. The molecule has 6 nitrogen and oxygen atoms in total. The molecule has 1 atom stereocenters. The number of nitrogens with zero attached hydrogens (tertiary/aromatic N) is 2. The van der Waals surface area contributed by atoms with Crippen molar-refractivity contribution in [2.24, 2.45) is 5.92 Å². The zero-order valence-corrected chi connectivity index (χ0v) is 17.6. The summed E-state index contributed by atoms with van der Waals surface area (Å²) in [6, 6.07) is 3.40. The highest BCUT2D eigenvalue weighted by atomic mass is 32.2. The molecule has 1 heterocycles.